The minimum atomic E-state index is 0.279. The summed E-state index contributed by atoms with van der Waals surface area (Å²) < 4.78 is 0. The van der Waals surface area contributed by atoms with E-state index in [1.54, 1.807) is 0 Å². The SMILES string of the molecule is CCCCCCCCCCCCCC(CC)C(CCCCCCCCCCCCC)(CCCCCCCCCCCCC)C1CC(C)(C)N(C)C(C)(C)C1. The summed E-state index contributed by atoms with van der Waals surface area (Å²) in [5, 5.41) is 0. The maximum atomic E-state index is 2.76. The second-order valence-electron chi connectivity index (χ2n) is 20.5. The van der Waals surface area contributed by atoms with Gasteiger partial charge in [-0.1, -0.05) is 246 Å². The molecule has 0 saturated carbocycles. The standard InChI is InChI=1S/C53H107N/c1-10-14-17-20-23-26-29-32-35-38-41-44-49(13-4)53(50-47-51(5,6)54(9)52(7,8)48-50,45-42-39-36-33-30-27-24-21-18-15-11-2)46-43-40-37-34-31-28-25-22-19-16-12-3/h49-50H,10-48H2,1-9H3. The highest BCUT2D eigenvalue weighted by Crippen LogP contribution is 2.57. The average Bonchev–Trinajstić information content (AvgIpc) is 3.14. The Kier molecular flexibility index (Phi) is 31.6. The summed E-state index contributed by atoms with van der Waals surface area (Å²) in [6.45, 7) is 19.9. The quantitative estimate of drug-likeness (QED) is 0.0565. The zero-order chi connectivity index (χ0) is 39.8. The number of nitrogens with zero attached hydrogens (tertiary/aromatic N) is 1. The van der Waals surface area contributed by atoms with Crippen molar-refractivity contribution in [3.8, 4) is 0 Å². The first-order valence-electron chi connectivity index (χ1n) is 25.8. The first-order chi connectivity index (χ1) is 26.1. The fraction of sp³-hybridized carbons (Fsp3) is 1.00. The lowest BCUT2D eigenvalue weighted by Gasteiger charge is -2.60. The zero-order valence-corrected chi connectivity index (χ0v) is 39.7. The third-order valence-corrected chi connectivity index (χ3v) is 15.1. The Morgan fingerprint density at radius 2 is 0.667 bits per heavy atom. The van der Waals surface area contributed by atoms with Gasteiger partial charge in [0.1, 0.15) is 0 Å². The number of hydrogen-bond donors (Lipinski definition) is 0. The molecule has 0 radical (unpaired) electrons. The molecule has 0 aromatic heterocycles. The van der Waals surface area contributed by atoms with Crippen LogP contribution in [0.15, 0.2) is 0 Å². The highest BCUT2D eigenvalue weighted by Gasteiger charge is 2.52. The van der Waals surface area contributed by atoms with Crippen molar-refractivity contribution in [3.05, 3.63) is 0 Å². The average molecular weight is 758 g/mol. The molecule has 1 fully saturated rings. The van der Waals surface area contributed by atoms with Gasteiger partial charge < -0.3 is 0 Å². The van der Waals surface area contributed by atoms with Crippen LogP contribution in [-0.2, 0) is 0 Å². The molecule has 0 amide bonds. The predicted molar refractivity (Wildman–Crippen MR) is 248 cm³/mol. The molecule has 1 rings (SSSR count). The van der Waals surface area contributed by atoms with E-state index in [-0.39, 0.29) is 11.1 Å². The Balaban J connectivity index is 2.96. The van der Waals surface area contributed by atoms with Gasteiger partial charge in [-0.2, -0.15) is 0 Å². The third-order valence-electron chi connectivity index (χ3n) is 15.1. The van der Waals surface area contributed by atoms with Gasteiger partial charge in [-0.15, -0.1) is 0 Å². The van der Waals surface area contributed by atoms with Crippen molar-refractivity contribution in [3.63, 3.8) is 0 Å². The third kappa shape index (κ3) is 22.8. The minimum absolute atomic E-state index is 0.279. The van der Waals surface area contributed by atoms with Gasteiger partial charge in [0.15, 0.2) is 0 Å². The van der Waals surface area contributed by atoms with Crippen LogP contribution in [0.5, 0.6) is 0 Å². The minimum Gasteiger partial charge on any atom is -0.296 e. The van der Waals surface area contributed by atoms with Gasteiger partial charge in [0, 0.05) is 11.1 Å². The maximum Gasteiger partial charge on any atom is 0.0158 e. The summed E-state index contributed by atoms with van der Waals surface area (Å²) in [6, 6.07) is 0. The normalized spacial score (nSPS) is 17.1. The second-order valence-corrected chi connectivity index (χ2v) is 20.5. The summed E-state index contributed by atoms with van der Waals surface area (Å²) in [5.74, 6) is 1.77. The van der Waals surface area contributed by atoms with Gasteiger partial charge in [-0.25, -0.2) is 0 Å². The lowest BCUT2D eigenvalue weighted by molar-refractivity contribution is -0.0939. The monoisotopic (exact) mass is 758 g/mol. The molecule has 0 aliphatic carbocycles. The van der Waals surface area contributed by atoms with E-state index < -0.39 is 0 Å². The topological polar surface area (TPSA) is 3.24 Å². The number of rotatable bonds is 39. The number of hydrogen-bond acceptors (Lipinski definition) is 1. The van der Waals surface area contributed by atoms with Crippen molar-refractivity contribution in [2.45, 2.75) is 317 Å². The zero-order valence-electron chi connectivity index (χ0n) is 39.7. The van der Waals surface area contributed by atoms with E-state index >= 15 is 0 Å². The fourth-order valence-electron chi connectivity index (χ4n) is 11.2. The van der Waals surface area contributed by atoms with Crippen LogP contribution in [0.2, 0.25) is 0 Å². The first kappa shape index (κ1) is 52.0. The highest BCUT2D eigenvalue weighted by molar-refractivity contribution is 5.05. The van der Waals surface area contributed by atoms with Gasteiger partial charge in [0.25, 0.3) is 0 Å². The van der Waals surface area contributed by atoms with Gasteiger partial charge in [-0.3, -0.25) is 4.90 Å². The van der Waals surface area contributed by atoms with Crippen LogP contribution in [0, 0.1) is 17.3 Å². The lowest BCUT2D eigenvalue weighted by Crippen LogP contribution is -2.61. The van der Waals surface area contributed by atoms with Crippen LogP contribution in [-0.4, -0.2) is 23.0 Å². The van der Waals surface area contributed by atoms with Crippen LogP contribution in [0.25, 0.3) is 0 Å². The molecular formula is C53H107N. The van der Waals surface area contributed by atoms with Crippen LogP contribution >= 0.6 is 0 Å². The van der Waals surface area contributed by atoms with Gasteiger partial charge in [0.05, 0.1) is 0 Å². The van der Waals surface area contributed by atoms with E-state index in [4.69, 9.17) is 0 Å². The molecule has 1 atom stereocenters. The molecule has 324 valence electrons. The largest absolute Gasteiger partial charge is 0.296 e. The van der Waals surface area contributed by atoms with Crippen molar-refractivity contribution in [2.75, 3.05) is 7.05 Å². The van der Waals surface area contributed by atoms with E-state index in [9.17, 15) is 0 Å². The molecule has 1 nitrogen and oxygen atoms in total. The first-order valence-corrected chi connectivity index (χ1v) is 25.8. The molecule has 1 aliphatic rings. The van der Waals surface area contributed by atoms with E-state index in [1.165, 1.54) is 250 Å². The Labute approximate surface area is 344 Å². The Morgan fingerprint density at radius 3 is 0.944 bits per heavy atom. The van der Waals surface area contributed by atoms with E-state index in [2.05, 4.69) is 67.3 Å². The molecule has 1 heterocycles. The molecule has 1 saturated heterocycles. The summed E-state index contributed by atoms with van der Waals surface area (Å²) in [5.41, 5.74) is 1.09. The lowest BCUT2D eigenvalue weighted by atomic mass is 9.53. The molecule has 0 spiro atoms. The number of piperidine rings is 1. The summed E-state index contributed by atoms with van der Waals surface area (Å²) in [7, 11) is 2.44. The van der Waals surface area contributed by atoms with E-state index in [0.29, 0.717) is 5.41 Å². The Hall–Kier alpha value is -0.0400. The molecule has 0 bridgehead atoms. The molecule has 54 heavy (non-hydrogen) atoms. The highest BCUT2D eigenvalue weighted by atomic mass is 15.2. The van der Waals surface area contributed by atoms with Crippen molar-refractivity contribution in [1.29, 1.82) is 0 Å². The molecule has 0 aromatic rings. The second kappa shape index (κ2) is 32.9. The van der Waals surface area contributed by atoms with E-state index in [1.807, 2.05) is 0 Å². The van der Waals surface area contributed by atoms with Crippen LogP contribution in [0.3, 0.4) is 0 Å². The molecule has 0 aromatic carbocycles. The van der Waals surface area contributed by atoms with Crippen LogP contribution in [0.4, 0.5) is 0 Å². The number of likely N-dealkylation sites (tertiary alicyclic amines) is 1. The molecule has 1 aliphatic heterocycles. The van der Waals surface area contributed by atoms with Gasteiger partial charge in [0.2, 0.25) is 0 Å². The molecular weight excluding hydrogens is 651 g/mol. The van der Waals surface area contributed by atoms with Crippen molar-refractivity contribution >= 4 is 0 Å². The van der Waals surface area contributed by atoms with Gasteiger partial charge >= 0.3 is 0 Å². The van der Waals surface area contributed by atoms with Crippen molar-refractivity contribution in [1.82, 2.24) is 4.90 Å². The summed E-state index contributed by atoms with van der Waals surface area (Å²) >= 11 is 0. The van der Waals surface area contributed by atoms with Crippen molar-refractivity contribution in [2.24, 2.45) is 17.3 Å². The smallest absolute Gasteiger partial charge is 0.0158 e. The summed E-state index contributed by atoms with van der Waals surface area (Å²) in [4.78, 5) is 2.76. The maximum absolute atomic E-state index is 2.76. The fourth-order valence-corrected chi connectivity index (χ4v) is 11.2. The van der Waals surface area contributed by atoms with E-state index in [0.717, 1.165) is 11.8 Å². The van der Waals surface area contributed by atoms with Crippen LogP contribution < -0.4 is 0 Å². The predicted octanol–water partition coefficient (Wildman–Crippen LogP) is 19.0. The molecule has 0 N–H and O–H groups in total. The summed E-state index contributed by atoms with van der Waals surface area (Å²) in [6.07, 6.45) is 56.9. The molecule has 1 unspecified atom stereocenters. The Morgan fingerprint density at radius 1 is 0.407 bits per heavy atom. The van der Waals surface area contributed by atoms with Crippen molar-refractivity contribution < 1.29 is 0 Å². The molecule has 1 heteroatoms. The number of unbranched alkanes of at least 4 members (excludes halogenated alkanes) is 30. The Bertz CT molecular complexity index is 751. The van der Waals surface area contributed by atoms with Gasteiger partial charge in [-0.05, 0) is 84.1 Å². The van der Waals surface area contributed by atoms with Crippen LogP contribution in [0.1, 0.15) is 306 Å².